The molecule has 0 spiro atoms. The van der Waals surface area contributed by atoms with Gasteiger partial charge in [0, 0.05) is 5.69 Å². The van der Waals surface area contributed by atoms with Gasteiger partial charge in [-0.1, -0.05) is 51.8 Å². The van der Waals surface area contributed by atoms with Crippen LogP contribution in [-0.4, -0.2) is 5.91 Å². The second-order valence-electron chi connectivity index (χ2n) is 4.65. The maximum atomic E-state index is 13.5. The summed E-state index contributed by atoms with van der Waals surface area (Å²) in [6, 6.07) is 10.4. The Morgan fingerprint density at radius 1 is 1.30 bits per heavy atom. The molecular formula is C15H10BrClFNO. The summed E-state index contributed by atoms with van der Waals surface area (Å²) in [5, 5.41) is 2.90. The molecule has 1 atom stereocenters. The van der Waals surface area contributed by atoms with Crippen LogP contribution in [0.3, 0.4) is 0 Å². The van der Waals surface area contributed by atoms with Gasteiger partial charge in [0.25, 0.3) is 0 Å². The fraction of sp³-hybridized carbons (Fsp3) is 0.133. The summed E-state index contributed by atoms with van der Waals surface area (Å²) in [7, 11) is 0. The van der Waals surface area contributed by atoms with Crippen LogP contribution in [0, 0.1) is 5.82 Å². The number of nitrogens with one attached hydrogen (secondary N) is 1. The van der Waals surface area contributed by atoms with E-state index in [0.29, 0.717) is 12.0 Å². The molecule has 3 rings (SSSR count). The minimum absolute atomic E-state index is 0.00735. The molecule has 2 nitrogen and oxygen atoms in total. The molecule has 2 aromatic rings. The van der Waals surface area contributed by atoms with Crippen molar-refractivity contribution in [2.24, 2.45) is 0 Å². The van der Waals surface area contributed by atoms with Crippen molar-refractivity contribution in [2.75, 3.05) is 5.32 Å². The maximum absolute atomic E-state index is 13.5. The van der Waals surface area contributed by atoms with Crippen molar-refractivity contribution in [3.05, 3.63) is 63.9 Å². The molecule has 1 aliphatic heterocycles. The van der Waals surface area contributed by atoms with Crippen molar-refractivity contribution in [3.63, 3.8) is 0 Å². The van der Waals surface area contributed by atoms with Crippen molar-refractivity contribution in [1.29, 1.82) is 0 Å². The summed E-state index contributed by atoms with van der Waals surface area (Å²) < 4.78 is 13.5. The lowest BCUT2D eigenvalue weighted by Crippen LogP contribution is -2.03. The molecule has 0 saturated carbocycles. The summed E-state index contributed by atoms with van der Waals surface area (Å²) in [6.45, 7) is 0. The minimum atomic E-state index is -0.438. The first-order valence-corrected chi connectivity index (χ1v) is 7.36. The zero-order valence-corrected chi connectivity index (χ0v) is 12.6. The van der Waals surface area contributed by atoms with E-state index >= 15 is 0 Å². The molecular weight excluding hydrogens is 345 g/mol. The van der Waals surface area contributed by atoms with Crippen molar-refractivity contribution in [3.8, 4) is 0 Å². The predicted molar refractivity (Wildman–Crippen MR) is 81.0 cm³/mol. The van der Waals surface area contributed by atoms with E-state index in [1.807, 2.05) is 18.2 Å². The van der Waals surface area contributed by atoms with Gasteiger partial charge in [-0.05, 0) is 28.8 Å². The Labute approximate surface area is 129 Å². The van der Waals surface area contributed by atoms with E-state index < -0.39 is 5.82 Å². The van der Waals surface area contributed by atoms with Crippen LogP contribution in [-0.2, 0) is 11.2 Å². The van der Waals surface area contributed by atoms with E-state index in [0.717, 1.165) is 16.8 Å². The number of hydrogen-bond donors (Lipinski definition) is 1. The molecule has 1 aliphatic rings. The second kappa shape index (κ2) is 5.19. The Morgan fingerprint density at radius 3 is 2.90 bits per heavy atom. The quantitative estimate of drug-likeness (QED) is 0.793. The Morgan fingerprint density at radius 2 is 2.10 bits per heavy atom. The normalized spacial score (nSPS) is 14.8. The van der Waals surface area contributed by atoms with Crippen molar-refractivity contribution >= 4 is 39.1 Å². The van der Waals surface area contributed by atoms with Gasteiger partial charge in [0.05, 0.1) is 16.3 Å². The summed E-state index contributed by atoms with van der Waals surface area (Å²) in [4.78, 5) is 11.1. The van der Waals surface area contributed by atoms with Crippen LogP contribution in [0.25, 0.3) is 0 Å². The van der Waals surface area contributed by atoms with Gasteiger partial charge in [-0.2, -0.15) is 0 Å². The highest BCUT2D eigenvalue weighted by Crippen LogP contribution is 2.38. The minimum Gasteiger partial charge on any atom is -0.326 e. The number of benzene rings is 2. The van der Waals surface area contributed by atoms with E-state index in [1.54, 1.807) is 12.1 Å². The van der Waals surface area contributed by atoms with Gasteiger partial charge < -0.3 is 5.32 Å². The Kier molecular flexibility index (Phi) is 3.52. The topological polar surface area (TPSA) is 29.1 Å². The second-order valence-corrected chi connectivity index (χ2v) is 5.94. The van der Waals surface area contributed by atoms with E-state index in [2.05, 4.69) is 21.2 Å². The van der Waals surface area contributed by atoms with E-state index in [-0.39, 0.29) is 15.8 Å². The third-order valence-corrected chi connectivity index (χ3v) is 4.72. The third-order valence-electron chi connectivity index (χ3n) is 3.30. The average molecular weight is 355 g/mol. The number of anilines is 1. The molecule has 1 N–H and O–H groups in total. The molecule has 0 radical (unpaired) electrons. The largest absolute Gasteiger partial charge is 0.326 e. The van der Waals surface area contributed by atoms with Crippen LogP contribution in [0.1, 0.15) is 21.5 Å². The van der Waals surface area contributed by atoms with Gasteiger partial charge in [-0.25, -0.2) is 4.39 Å². The van der Waals surface area contributed by atoms with Crippen LogP contribution in [0.4, 0.5) is 10.1 Å². The lowest BCUT2D eigenvalue weighted by atomic mass is 10.0. The number of rotatable bonds is 2. The van der Waals surface area contributed by atoms with E-state index in [9.17, 15) is 9.18 Å². The highest BCUT2D eigenvalue weighted by molar-refractivity contribution is 9.09. The zero-order valence-electron chi connectivity index (χ0n) is 10.3. The fourth-order valence-corrected chi connectivity index (χ4v) is 3.34. The predicted octanol–water partition coefficient (Wildman–Crippen LogP) is 4.46. The van der Waals surface area contributed by atoms with Gasteiger partial charge in [-0.15, -0.1) is 0 Å². The first-order chi connectivity index (χ1) is 9.56. The molecule has 0 aromatic heterocycles. The highest BCUT2D eigenvalue weighted by Gasteiger charge is 2.21. The standard InChI is InChI=1S/C15H10BrClFNO/c16-14(10-2-1-3-11(18)15(10)17)8-4-5-12-9(6-8)7-13(20)19-12/h1-6,14H,7H2,(H,19,20). The lowest BCUT2D eigenvalue weighted by Gasteiger charge is -2.14. The van der Waals surface area contributed by atoms with Gasteiger partial charge in [-0.3, -0.25) is 4.79 Å². The molecule has 1 amide bonds. The molecule has 5 heteroatoms. The number of carbonyl (C=O) groups excluding carboxylic acids is 1. The van der Waals surface area contributed by atoms with Gasteiger partial charge in [0.15, 0.2) is 0 Å². The highest BCUT2D eigenvalue weighted by atomic mass is 79.9. The van der Waals surface area contributed by atoms with Crippen LogP contribution in [0.2, 0.25) is 5.02 Å². The Balaban J connectivity index is 1.99. The van der Waals surface area contributed by atoms with Crippen LogP contribution in [0.15, 0.2) is 36.4 Å². The van der Waals surface area contributed by atoms with E-state index in [1.165, 1.54) is 6.07 Å². The molecule has 0 fully saturated rings. The summed E-state index contributed by atoms with van der Waals surface area (Å²) in [5.74, 6) is -0.446. The average Bonchev–Trinajstić information content (AvgIpc) is 2.80. The zero-order chi connectivity index (χ0) is 14.3. The lowest BCUT2D eigenvalue weighted by molar-refractivity contribution is -0.115. The summed E-state index contributed by atoms with van der Waals surface area (Å²) >= 11 is 9.55. The third kappa shape index (κ3) is 2.34. The molecule has 102 valence electrons. The molecule has 2 aromatic carbocycles. The molecule has 1 unspecified atom stereocenters. The Bertz CT molecular complexity index is 704. The van der Waals surface area contributed by atoms with Crippen LogP contribution >= 0.6 is 27.5 Å². The van der Waals surface area contributed by atoms with Crippen molar-refractivity contribution < 1.29 is 9.18 Å². The first-order valence-electron chi connectivity index (χ1n) is 6.07. The number of hydrogen-bond acceptors (Lipinski definition) is 1. The van der Waals surface area contributed by atoms with E-state index in [4.69, 9.17) is 11.6 Å². The van der Waals surface area contributed by atoms with Gasteiger partial charge in [0.1, 0.15) is 5.82 Å². The number of amides is 1. The number of carbonyl (C=O) groups is 1. The van der Waals surface area contributed by atoms with Crippen LogP contribution in [0.5, 0.6) is 0 Å². The molecule has 0 saturated heterocycles. The number of alkyl halides is 1. The van der Waals surface area contributed by atoms with Crippen LogP contribution < -0.4 is 5.32 Å². The summed E-state index contributed by atoms with van der Waals surface area (Å²) in [5.41, 5.74) is 3.39. The molecule has 1 heterocycles. The molecule has 0 aliphatic carbocycles. The SMILES string of the molecule is O=C1Cc2cc(C(Br)c3cccc(F)c3Cl)ccc2N1. The maximum Gasteiger partial charge on any atom is 0.228 e. The van der Waals surface area contributed by atoms with Crippen molar-refractivity contribution in [2.45, 2.75) is 11.2 Å². The number of halogens is 3. The molecule has 0 bridgehead atoms. The monoisotopic (exact) mass is 353 g/mol. The Hall–Kier alpha value is -1.39. The first kappa shape index (κ1) is 13.6. The van der Waals surface area contributed by atoms with Gasteiger partial charge in [0.2, 0.25) is 5.91 Å². The number of fused-ring (bicyclic) bond motifs is 1. The molecule has 20 heavy (non-hydrogen) atoms. The smallest absolute Gasteiger partial charge is 0.228 e. The van der Waals surface area contributed by atoms with Gasteiger partial charge >= 0.3 is 0 Å². The van der Waals surface area contributed by atoms with Crippen molar-refractivity contribution in [1.82, 2.24) is 0 Å². The summed E-state index contributed by atoms with van der Waals surface area (Å²) in [6.07, 6.45) is 0.375. The fourth-order valence-electron chi connectivity index (χ4n) is 2.30.